The molecule has 194 valence electrons. The minimum atomic E-state index is -1.26. The first-order valence-corrected chi connectivity index (χ1v) is 13.4. The molecule has 4 heteroatoms. The van der Waals surface area contributed by atoms with Crippen molar-refractivity contribution in [3.8, 4) is 17.0 Å². The van der Waals surface area contributed by atoms with Crippen LogP contribution in [0.1, 0.15) is 36.8 Å². The van der Waals surface area contributed by atoms with Gasteiger partial charge in [0.15, 0.2) is 0 Å². The van der Waals surface area contributed by atoms with Crippen LogP contribution in [0.15, 0.2) is 97.1 Å². The Labute approximate surface area is 225 Å². The fourth-order valence-corrected chi connectivity index (χ4v) is 5.41. The molecule has 1 unspecified atom stereocenters. The van der Waals surface area contributed by atoms with E-state index in [0.717, 1.165) is 64.2 Å². The zero-order chi connectivity index (χ0) is 26.5. The summed E-state index contributed by atoms with van der Waals surface area (Å²) in [7, 11) is 5.83. The van der Waals surface area contributed by atoms with Crippen molar-refractivity contribution in [2.75, 3.05) is 27.7 Å². The van der Waals surface area contributed by atoms with E-state index in [2.05, 4.69) is 67.5 Å². The van der Waals surface area contributed by atoms with Gasteiger partial charge in [-0.05, 0) is 85.6 Å². The fraction of sp³-hybridized carbons (Fsp3) is 0.265. The van der Waals surface area contributed by atoms with Gasteiger partial charge in [0, 0.05) is 5.39 Å². The summed E-state index contributed by atoms with van der Waals surface area (Å²) < 4.78 is 5.83. The monoisotopic (exact) mass is 504 g/mol. The molecular weight excluding hydrogens is 468 g/mol. The highest BCUT2D eigenvalue weighted by Gasteiger charge is 2.36. The zero-order valence-electron chi connectivity index (χ0n) is 22.5. The molecule has 5 rings (SSSR count). The van der Waals surface area contributed by atoms with Crippen LogP contribution in [0.5, 0.6) is 5.88 Å². The number of hydrogen-bond donors (Lipinski definition) is 1. The molecule has 0 aliphatic carbocycles. The number of aliphatic hydroxyl groups is 1. The van der Waals surface area contributed by atoms with Gasteiger partial charge in [-0.25, -0.2) is 4.98 Å². The van der Waals surface area contributed by atoms with E-state index in [9.17, 15) is 5.11 Å². The number of ether oxygens (including phenoxy) is 1. The molecule has 0 aliphatic rings. The van der Waals surface area contributed by atoms with Gasteiger partial charge in [-0.3, -0.25) is 0 Å². The van der Waals surface area contributed by atoms with Gasteiger partial charge in [-0.1, -0.05) is 85.3 Å². The Hall–Kier alpha value is -3.73. The van der Waals surface area contributed by atoms with Gasteiger partial charge in [-0.15, -0.1) is 0 Å². The van der Waals surface area contributed by atoms with Crippen molar-refractivity contribution >= 4 is 21.7 Å². The molecule has 0 amide bonds. The van der Waals surface area contributed by atoms with Crippen LogP contribution >= 0.6 is 0 Å². The van der Waals surface area contributed by atoms with Crippen LogP contribution in [-0.4, -0.2) is 42.7 Å². The molecule has 0 bridgehead atoms. The van der Waals surface area contributed by atoms with Gasteiger partial charge < -0.3 is 14.7 Å². The molecule has 1 aromatic heterocycles. The van der Waals surface area contributed by atoms with Crippen LogP contribution in [-0.2, 0) is 5.60 Å². The third kappa shape index (κ3) is 5.28. The number of hydrogen-bond acceptors (Lipinski definition) is 4. The standard InChI is InChI=1S/C34H36N2O2/c1-36(2)22-11-5-10-21-34(37,30-18-12-16-26-15-8-9-17-29(26)30)31-24-28-23-27(25-13-6-4-7-14-25)19-20-32(28)35-33(31)38-3/h4,6-9,12-20,23-24,37H,5,10-11,21-22H2,1-3H3. The van der Waals surface area contributed by atoms with Crippen LogP contribution in [0.3, 0.4) is 0 Å². The van der Waals surface area contributed by atoms with E-state index in [0.29, 0.717) is 17.9 Å². The topological polar surface area (TPSA) is 45.6 Å². The van der Waals surface area contributed by atoms with Crippen molar-refractivity contribution in [2.45, 2.75) is 31.3 Å². The molecule has 1 atom stereocenters. The average molecular weight is 505 g/mol. The molecule has 0 spiro atoms. The first kappa shape index (κ1) is 25.9. The van der Waals surface area contributed by atoms with Crippen LogP contribution in [0.25, 0.3) is 32.8 Å². The maximum absolute atomic E-state index is 12.7. The smallest absolute Gasteiger partial charge is 0.220 e. The summed E-state index contributed by atoms with van der Waals surface area (Å²) in [5, 5.41) is 15.8. The van der Waals surface area contributed by atoms with Crippen molar-refractivity contribution in [3.63, 3.8) is 0 Å². The maximum atomic E-state index is 12.7. The van der Waals surface area contributed by atoms with Crippen LogP contribution in [0.2, 0.25) is 0 Å². The molecule has 0 fully saturated rings. The second kappa shape index (κ2) is 11.3. The predicted octanol–water partition coefficient (Wildman–Crippen LogP) is 7.42. The number of aromatic nitrogens is 1. The molecule has 1 heterocycles. The summed E-state index contributed by atoms with van der Waals surface area (Å²) in [4.78, 5) is 7.08. The lowest BCUT2D eigenvalue weighted by atomic mass is 9.79. The number of methoxy groups -OCH3 is 1. The van der Waals surface area contributed by atoms with Gasteiger partial charge in [0.2, 0.25) is 5.88 Å². The minimum absolute atomic E-state index is 0.466. The molecule has 4 nitrogen and oxygen atoms in total. The van der Waals surface area contributed by atoms with Crippen molar-refractivity contribution < 1.29 is 9.84 Å². The van der Waals surface area contributed by atoms with E-state index in [1.54, 1.807) is 7.11 Å². The molecule has 0 radical (unpaired) electrons. The highest BCUT2D eigenvalue weighted by molar-refractivity contribution is 5.89. The normalized spacial score (nSPS) is 13.2. The van der Waals surface area contributed by atoms with Crippen LogP contribution < -0.4 is 4.74 Å². The molecule has 4 aromatic carbocycles. The van der Waals surface area contributed by atoms with E-state index in [4.69, 9.17) is 9.72 Å². The Balaban J connectivity index is 1.65. The van der Waals surface area contributed by atoms with Crippen molar-refractivity contribution in [1.29, 1.82) is 0 Å². The molecule has 0 saturated carbocycles. The molecular formula is C34H36N2O2. The lowest BCUT2D eigenvalue weighted by Gasteiger charge is -2.32. The third-order valence-corrected chi connectivity index (χ3v) is 7.40. The summed E-state index contributed by atoms with van der Waals surface area (Å²) >= 11 is 0. The van der Waals surface area contributed by atoms with Gasteiger partial charge in [-0.2, -0.15) is 0 Å². The number of benzene rings is 4. The summed E-state index contributed by atoms with van der Waals surface area (Å²) in [6.45, 7) is 1.04. The van der Waals surface area contributed by atoms with Gasteiger partial charge in [0.05, 0.1) is 18.2 Å². The number of pyridine rings is 1. The highest BCUT2D eigenvalue weighted by atomic mass is 16.5. The number of nitrogens with zero attached hydrogens (tertiary/aromatic N) is 2. The summed E-state index contributed by atoms with van der Waals surface area (Å²) in [5.74, 6) is 0.466. The first-order chi connectivity index (χ1) is 18.5. The van der Waals surface area contributed by atoms with Crippen molar-refractivity contribution in [3.05, 3.63) is 108 Å². The Morgan fingerprint density at radius 2 is 1.50 bits per heavy atom. The molecule has 38 heavy (non-hydrogen) atoms. The Morgan fingerprint density at radius 3 is 2.29 bits per heavy atom. The van der Waals surface area contributed by atoms with Crippen molar-refractivity contribution in [1.82, 2.24) is 9.88 Å². The summed E-state index contributed by atoms with van der Waals surface area (Å²) in [6.07, 6.45) is 3.59. The molecule has 1 N–H and O–H groups in total. The Morgan fingerprint density at radius 1 is 0.737 bits per heavy atom. The second-order valence-electron chi connectivity index (χ2n) is 10.3. The predicted molar refractivity (Wildman–Crippen MR) is 158 cm³/mol. The van der Waals surface area contributed by atoms with Gasteiger partial charge >= 0.3 is 0 Å². The van der Waals surface area contributed by atoms with Crippen LogP contribution in [0, 0.1) is 0 Å². The Kier molecular flexibility index (Phi) is 7.73. The molecule has 0 aliphatic heterocycles. The lowest BCUT2D eigenvalue weighted by molar-refractivity contribution is 0.0660. The van der Waals surface area contributed by atoms with E-state index in [1.165, 1.54) is 0 Å². The number of fused-ring (bicyclic) bond motifs is 2. The van der Waals surface area contributed by atoms with Crippen molar-refractivity contribution in [2.24, 2.45) is 0 Å². The van der Waals surface area contributed by atoms with E-state index in [-0.39, 0.29) is 0 Å². The first-order valence-electron chi connectivity index (χ1n) is 13.4. The summed E-state index contributed by atoms with van der Waals surface area (Å²) in [6, 6.07) is 33.1. The average Bonchev–Trinajstić information content (AvgIpc) is 2.95. The largest absolute Gasteiger partial charge is 0.481 e. The summed E-state index contributed by atoms with van der Waals surface area (Å²) in [5.41, 5.74) is 3.46. The lowest BCUT2D eigenvalue weighted by Crippen LogP contribution is -2.29. The number of unbranched alkanes of at least 4 members (excludes halogenated alkanes) is 2. The third-order valence-electron chi connectivity index (χ3n) is 7.40. The molecule has 0 saturated heterocycles. The van der Waals surface area contributed by atoms with Gasteiger partial charge in [0.1, 0.15) is 5.60 Å². The molecule has 5 aromatic rings. The number of rotatable bonds is 10. The minimum Gasteiger partial charge on any atom is -0.481 e. The van der Waals surface area contributed by atoms with Gasteiger partial charge in [0.25, 0.3) is 0 Å². The highest BCUT2D eigenvalue weighted by Crippen LogP contribution is 2.43. The zero-order valence-corrected chi connectivity index (χ0v) is 22.5. The SMILES string of the molecule is COc1nc2ccc(-c3ccccc3)cc2cc1C(O)(CCCCCN(C)C)c1cccc2ccccc12. The second-order valence-corrected chi connectivity index (χ2v) is 10.3. The van der Waals surface area contributed by atoms with E-state index >= 15 is 0 Å². The van der Waals surface area contributed by atoms with E-state index in [1.807, 2.05) is 48.5 Å². The van der Waals surface area contributed by atoms with E-state index < -0.39 is 5.60 Å². The van der Waals surface area contributed by atoms with Crippen LogP contribution in [0.4, 0.5) is 0 Å². The Bertz CT molecular complexity index is 1530. The quantitative estimate of drug-likeness (QED) is 0.201. The maximum Gasteiger partial charge on any atom is 0.220 e. The fourth-order valence-electron chi connectivity index (χ4n) is 5.41.